The van der Waals surface area contributed by atoms with Crippen molar-refractivity contribution in [1.82, 2.24) is 5.32 Å². The van der Waals surface area contributed by atoms with Crippen molar-refractivity contribution >= 4 is 5.91 Å². The molecule has 2 heteroatoms. The fourth-order valence-electron chi connectivity index (χ4n) is 3.22. The zero-order chi connectivity index (χ0) is 10.6. The van der Waals surface area contributed by atoms with Gasteiger partial charge >= 0.3 is 0 Å². The summed E-state index contributed by atoms with van der Waals surface area (Å²) in [6.07, 6.45) is 5.03. The largest absolute Gasteiger partial charge is 0.356 e. The van der Waals surface area contributed by atoms with Crippen molar-refractivity contribution in [1.29, 1.82) is 0 Å². The summed E-state index contributed by atoms with van der Waals surface area (Å²) in [7, 11) is 0. The van der Waals surface area contributed by atoms with Gasteiger partial charge in [0.25, 0.3) is 0 Å². The van der Waals surface area contributed by atoms with Crippen molar-refractivity contribution in [3.8, 4) is 0 Å². The lowest BCUT2D eigenvalue weighted by atomic mass is 10.0. The van der Waals surface area contributed by atoms with Gasteiger partial charge in [0.15, 0.2) is 0 Å². The molecule has 3 aliphatic carbocycles. The molecule has 84 valence electrons. The van der Waals surface area contributed by atoms with Crippen LogP contribution in [0.15, 0.2) is 0 Å². The van der Waals surface area contributed by atoms with Gasteiger partial charge in [-0.05, 0) is 48.9 Å². The van der Waals surface area contributed by atoms with Gasteiger partial charge in [0.1, 0.15) is 0 Å². The minimum absolute atomic E-state index is 0.338. The number of carbonyl (C=O) groups is 1. The number of nitrogens with one attached hydrogen (secondary N) is 1. The molecule has 0 bridgehead atoms. The quantitative estimate of drug-likeness (QED) is 0.755. The molecule has 3 rings (SSSR count). The summed E-state index contributed by atoms with van der Waals surface area (Å²) in [5.41, 5.74) is 0.491. The molecule has 0 radical (unpaired) electrons. The molecule has 0 saturated heterocycles. The molecule has 0 aliphatic heterocycles. The Kier molecular flexibility index (Phi) is 1.93. The summed E-state index contributed by atoms with van der Waals surface area (Å²) in [5, 5.41) is 3.14. The minimum atomic E-state index is 0.338. The highest BCUT2D eigenvalue weighted by molar-refractivity contribution is 5.79. The van der Waals surface area contributed by atoms with E-state index in [2.05, 4.69) is 19.2 Å². The van der Waals surface area contributed by atoms with Crippen LogP contribution in [0, 0.1) is 29.1 Å². The highest BCUT2D eigenvalue weighted by Gasteiger charge is 2.49. The average molecular weight is 207 g/mol. The molecule has 3 saturated carbocycles. The van der Waals surface area contributed by atoms with E-state index in [-0.39, 0.29) is 0 Å². The van der Waals surface area contributed by atoms with E-state index in [1.54, 1.807) is 0 Å². The first-order chi connectivity index (χ1) is 7.06. The Labute approximate surface area is 91.8 Å². The van der Waals surface area contributed by atoms with Gasteiger partial charge < -0.3 is 5.32 Å². The molecule has 0 aromatic heterocycles. The Morgan fingerprint density at radius 3 is 2.40 bits per heavy atom. The van der Waals surface area contributed by atoms with Gasteiger partial charge in [-0.1, -0.05) is 13.8 Å². The van der Waals surface area contributed by atoms with E-state index in [0.29, 0.717) is 17.2 Å². The Morgan fingerprint density at radius 1 is 1.27 bits per heavy atom. The van der Waals surface area contributed by atoms with Gasteiger partial charge in [-0.15, -0.1) is 0 Å². The standard InChI is InChI=1S/C13H21NO/c1-13(2)6-11(13)7-14-12(15)10-4-8-3-9(8)5-10/h8-11H,3-7H2,1-2H3,(H,14,15). The number of hydrogen-bond donors (Lipinski definition) is 1. The number of rotatable bonds is 3. The number of carbonyl (C=O) groups excluding carboxylic acids is 1. The third kappa shape index (κ3) is 1.79. The topological polar surface area (TPSA) is 29.1 Å². The summed E-state index contributed by atoms with van der Waals surface area (Å²) < 4.78 is 0. The van der Waals surface area contributed by atoms with Gasteiger partial charge in [-0.2, -0.15) is 0 Å². The van der Waals surface area contributed by atoms with Crippen LogP contribution in [-0.2, 0) is 4.79 Å². The molecule has 15 heavy (non-hydrogen) atoms. The molecule has 0 aromatic rings. The Hall–Kier alpha value is -0.530. The smallest absolute Gasteiger partial charge is 0.223 e. The fourth-order valence-corrected chi connectivity index (χ4v) is 3.22. The molecule has 0 heterocycles. The highest BCUT2D eigenvalue weighted by atomic mass is 16.1. The van der Waals surface area contributed by atoms with E-state index < -0.39 is 0 Å². The van der Waals surface area contributed by atoms with Crippen molar-refractivity contribution in [3.05, 3.63) is 0 Å². The van der Waals surface area contributed by atoms with Crippen molar-refractivity contribution in [3.63, 3.8) is 0 Å². The van der Waals surface area contributed by atoms with Crippen LogP contribution in [0.2, 0.25) is 0 Å². The van der Waals surface area contributed by atoms with Crippen molar-refractivity contribution in [2.75, 3.05) is 6.54 Å². The van der Waals surface area contributed by atoms with E-state index in [9.17, 15) is 4.79 Å². The predicted molar refractivity (Wildman–Crippen MR) is 59.2 cm³/mol. The first-order valence-corrected chi connectivity index (χ1v) is 6.34. The lowest BCUT2D eigenvalue weighted by Crippen LogP contribution is -2.32. The zero-order valence-corrected chi connectivity index (χ0v) is 9.75. The maximum Gasteiger partial charge on any atom is 0.223 e. The molecule has 0 aromatic carbocycles. The fraction of sp³-hybridized carbons (Fsp3) is 0.923. The van der Waals surface area contributed by atoms with E-state index in [4.69, 9.17) is 0 Å². The van der Waals surface area contributed by atoms with Gasteiger partial charge in [0.2, 0.25) is 5.91 Å². The lowest BCUT2D eigenvalue weighted by molar-refractivity contribution is -0.125. The molecule has 3 atom stereocenters. The summed E-state index contributed by atoms with van der Waals surface area (Å²) in [6.45, 7) is 5.49. The van der Waals surface area contributed by atoms with E-state index in [0.717, 1.165) is 24.3 Å². The second kappa shape index (κ2) is 2.99. The van der Waals surface area contributed by atoms with Gasteiger partial charge in [0, 0.05) is 12.5 Å². The Bertz CT molecular complexity index is 287. The van der Waals surface area contributed by atoms with Crippen LogP contribution in [0.1, 0.15) is 39.5 Å². The normalized spacial score (nSPS) is 44.7. The molecule has 3 fully saturated rings. The molecule has 2 nitrogen and oxygen atoms in total. The van der Waals surface area contributed by atoms with Crippen LogP contribution in [0.3, 0.4) is 0 Å². The number of fused-ring (bicyclic) bond motifs is 1. The first-order valence-electron chi connectivity index (χ1n) is 6.34. The van der Waals surface area contributed by atoms with E-state index in [1.165, 1.54) is 25.7 Å². The molecule has 0 spiro atoms. The summed E-state index contributed by atoms with van der Waals surface area (Å²) >= 11 is 0. The van der Waals surface area contributed by atoms with Crippen LogP contribution in [0.5, 0.6) is 0 Å². The van der Waals surface area contributed by atoms with Crippen LogP contribution in [-0.4, -0.2) is 12.5 Å². The zero-order valence-electron chi connectivity index (χ0n) is 9.75. The third-order valence-corrected chi connectivity index (χ3v) is 4.85. The summed E-state index contributed by atoms with van der Waals surface area (Å²) in [4.78, 5) is 11.8. The maximum atomic E-state index is 11.8. The summed E-state index contributed by atoms with van der Waals surface area (Å²) in [6, 6.07) is 0. The van der Waals surface area contributed by atoms with E-state index >= 15 is 0 Å². The minimum Gasteiger partial charge on any atom is -0.356 e. The molecule has 1 amide bonds. The van der Waals surface area contributed by atoms with Crippen molar-refractivity contribution in [2.45, 2.75) is 39.5 Å². The van der Waals surface area contributed by atoms with Gasteiger partial charge in [0.05, 0.1) is 0 Å². The maximum absolute atomic E-state index is 11.8. The Balaban J connectivity index is 1.42. The van der Waals surface area contributed by atoms with Gasteiger partial charge in [-0.3, -0.25) is 4.79 Å². The summed E-state index contributed by atoms with van der Waals surface area (Å²) in [5.74, 6) is 3.26. The van der Waals surface area contributed by atoms with Crippen LogP contribution < -0.4 is 5.32 Å². The second-order valence-corrected chi connectivity index (χ2v) is 6.56. The van der Waals surface area contributed by atoms with Crippen molar-refractivity contribution < 1.29 is 4.79 Å². The molecule has 3 unspecified atom stereocenters. The molecular formula is C13H21NO. The Morgan fingerprint density at radius 2 is 1.87 bits per heavy atom. The first kappa shape index (κ1) is 9.68. The second-order valence-electron chi connectivity index (χ2n) is 6.56. The van der Waals surface area contributed by atoms with Crippen LogP contribution in [0.4, 0.5) is 0 Å². The number of amides is 1. The highest BCUT2D eigenvalue weighted by Crippen LogP contribution is 2.54. The monoisotopic (exact) mass is 207 g/mol. The van der Waals surface area contributed by atoms with Gasteiger partial charge in [-0.25, -0.2) is 0 Å². The SMILES string of the molecule is CC1(C)CC1CNC(=O)C1CC2CC2C1. The molecule has 1 N–H and O–H groups in total. The molecular weight excluding hydrogens is 186 g/mol. The van der Waals surface area contributed by atoms with Crippen molar-refractivity contribution in [2.24, 2.45) is 29.1 Å². The average Bonchev–Trinajstić information content (AvgIpc) is 3.00. The van der Waals surface area contributed by atoms with Crippen LogP contribution >= 0.6 is 0 Å². The van der Waals surface area contributed by atoms with E-state index in [1.807, 2.05) is 0 Å². The predicted octanol–water partition coefficient (Wildman–Crippen LogP) is 2.19. The molecule has 3 aliphatic rings. The van der Waals surface area contributed by atoms with Crippen LogP contribution in [0.25, 0.3) is 0 Å². The number of hydrogen-bond acceptors (Lipinski definition) is 1. The lowest BCUT2D eigenvalue weighted by Gasteiger charge is -2.12. The third-order valence-electron chi connectivity index (χ3n) is 4.85.